The van der Waals surface area contributed by atoms with Crippen molar-refractivity contribution >= 4 is 5.97 Å². The minimum absolute atomic E-state index is 0.230. The summed E-state index contributed by atoms with van der Waals surface area (Å²) in [5.74, 6) is -0.923. The van der Waals surface area contributed by atoms with Crippen molar-refractivity contribution in [3.63, 3.8) is 0 Å². The van der Waals surface area contributed by atoms with Crippen LogP contribution in [-0.2, 0) is 11.3 Å². The molecule has 1 atom stereocenters. The summed E-state index contributed by atoms with van der Waals surface area (Å²) in [5, 5.41) is 13.5. The molecule has 1 aliphatic heterocycles. The first kappa shape index (κ1) is 12.9. The van der Waals surface area contributed by atoms with Gasteiger partial charge in [0, 0.05) is 19.3 Å². The summed E-state index contributed by atoms with van der Waals surface area (Å²) in [4.78, 5) is 13.1. The van der Waals surface area contributed by atoms with Crippen LogP contribution in [0.15, 0.2) is 42.6 Å². The molecule has 0 unspecified atom stereocenters. The highest BCUT2D eigenvalue weighted by molar-refractivity contribution is 5.70. The average molecular weight is 271 g/mol. The van der Waals surface area contributed by atoms with Crippen molar-refractivity contribution in [2.45, 2.75) is 13.0 Å². The molecule has 0 bridgehead atoms. The van der Waals surface area contributed by atoms with Gasteiger partial charge in [-0.1, -0.05) is 18.2 Å². The Hall–Kier alpha value is -2.14. The second kappa shape index (κ2) is 5.46. The number of carbonyl (C=O) groups is 1. The molecular weight excluding hydrogens is 254 g/mol. The highest BCUT2D eigenvalue weighted by Crippen LogP contribution is 2.18. The lowest BCUT2D eigenvalue weighted by molar-refractivity contribution is -0.141. The number of para-hydroxylation sites is 1. The van der Waals surface area contributed by atoms with E-state index in [1.54, 1.807) is 0 Å². The van der Waals surface area contributed by atoms with E-state index >= 15 is 0 Å². The van der Waals surface area contributed by atoms with Crippen LogP contribution in [0.4, 0.5) is 0 Å². The van der Waals surface area contributed by atoms with Crippen LogP contribution in [0.5, 0.6) is 0 Å². The zero-order valence-corrected chi connectivity index (χ0v) is 11.1. The maximum absolute atomic E-state index is 10.9. The number of carboxylic acid groups (broad SMARTS) is 1. The van der Waals surface area contributed by atoms with Gasteiger partial charge in [0.25, 0.3) is 0 Å². The Labute approximate surface area is 117 Å². The largest absolute Gasteiger partial charge is 0.481 e. The minimum Gasteiger partial charge on any atom is -0.481 e. The van der Waals surface area contributed by atoms with Gasteiger partial charge in [-0.3, -0.25) is 9.69 Å². The third-order valence-corrected chi connectivity index (χ3v) is 3.67. The third kappa shape index (κ3) is 2.72. The van der Waals surface area contributed by atoms with Gasteiger partial charge in [0.2, 0.25) is 0 Å². The normalized spacial score (nSPS) is 19.3. The van der Waals surface area contributed by atoms with Gasteiger partial charge in [-0.15, -0.1) is 0 Å². The quantitative estimate of drug-likeness (QED) is 0.921. The Morgan fingerprint density at radius 1 is 1.30 bits per heavy atom. The monoisotopic (exact) mass is 271 g/mol. The van der Waals surface area contributed by atoms with Crippen molar-refractivity contribution in [3.05, 3.63) is 48.3 Å². The molecule has 1 aromatic heterocycles. The van der Waals surface area contributed by atoms with Crippen LogP contribution in [0.25, 0.3) is 5.69 Å². The van der Waals surface area contributed by atoms with E-state index in [9.17, 15) is 4.79 Å². The van der Waals surface area contributed by atoms with E-state index in [4.69, 9.17) is 5.11 Å². The van der Waals surface area contributed by atoms with Crippen LogP contribution in [0.3, 0.4) is 0 Å². The molecular formula is C15H17N3O2. The van der Waals surface area contributed by atoms with Gasteiger partial charge >= 0.3 is 5.97 Å². The molecule has 3 rings (SSSR count). The lowest BCUT2D eigenvalue weighted by Gasteiger charge is -2.12. The van der Waals surface area contributed by atoms with E-state index in [-0.39, 0.29) is 5.92 Å². The second-order valence-electron chi connectivity index (χ2n) is 5.15. The molecule has 0 spiro atoms. The highest BCUT2D eigenvalue weighted by atomic mass is 16.4. The van der Waals surface area contributed by atoms with E-state index in [0.717, 1.165) is 24.3 Å². The molecule has 2 aromatic rings. The molecule has 0 saturated carbocycles. The van der Waals surface area contributed by atoms with Crippen molar-refractivity contribution in [2.24, 2.45) is 5.92 Å². The summed E-state index contributed by atoms with van der Waals surface area (Å²) < 4.78 is 1.85. The molecule has 1 aliphatic rings. The zero-order chi connectivity index (χ0) is 13.9. The fraction of sp³-hybridized carbons (Fsp3) is 0.333. The Morgan fingerprint density at radius 2 is 2.10 bits per heavy atom. The molecule has 2 heterocycles. The number of aromatic nitrogens is 2. The number of benzene rings is 1. The predicted octanol–water partition coefficient (Wildman–Crippen LogP) is 1.78. The maximum Gasteiger partial charge on any atom is 0.307 e. The minimum atomic E-state index is -0.692. The molecule has 0 radical (unpaired) electrons. The number of nitrogens with zero attached hydrogens (tertiary/aromatic N) is 3. The first-order valence-electron chi connectivity index (χ1n) is 6.77. The molecule has 0 aliphatic carbocycles. The number of hydrogen-bond donors (Lipinski definition) is 1. The fourth-order valence-electron chi connectivity index (χ4n) is 2.58. The van der Waals surface area contributed by atoms with Gasteiger partial charge in [-0.25, -0.2) is 4.68 Å². The molecule has 5 heteroatoms. The SMILES string of the molecule is O=C(O)[C@H]1CCN(Cc2ccn(-c3ccccc3)n2)C1. The fourth-order valence-corrected chi connectivity index (χ4v) is 2.58. The summed E-state index contributed by atoms with van der Waals surface area (Å²) in [6.07, 6.45) is 2.67. The molecule has 0 amide bonds. The number of rotatable bonds is 4. The molecule has 20 heavy (non-hydrogen) atoms. The highest BCUT2D eigenvalue weighted by Gasteiger charge is 2.28. The van der Waals surface area contributed by atoms with Crippen LogP contribution in [0, 0.1) is 5.92 Å². The van der Waals surface area contributed by atoms with E-state index in [2.05, 4.69) is 10.00 Å². The van der Waals surface area contributed by atoms with Crippen LogP contribution >= 0.6 is 0 Å². The standard InChI is InChI=1S/C15H17N3O2/c19-15(20)12-6-8-17(10-12)11-13-7-9-18(16-13)14-4-2-1-3-5-14/h1-5,7,9,12H,6,8,10-11H2,(H,19,20)/t12-/m0/s1. The molecule has 1 N–H and O–H groups in total. The zero-order valence-electron chi connectivity index (χ0n) is 11.1. The molecule has 1 aromatic carbocycles. The lowest BCUT2D eigenvalue weighted by atomic mass is 10.1. The van der Waals surface area contributed by atoms with Crippen molar-refractivity contribution in [3.8, 4) is 5.69 Å². The summed E-state index contributed by atoms with van der Waals surface area (Å²) in [7, 11) is 0. The lowest BCUT2D eigenvalue weighted by Crippen LogP contribution is -2.23. The number of likely N-dealkylation sites (tertiary alicyclic amines) is 1. The van der Waals surface area contributed by atoms with Gasteiger partial charge in [0.05, 0.1) is 17.3 Å². The van der Waals surface area contributed by atoms with Gasteiger partial charge in [-0.05, 0) is 31.2 Å². The number of hydrogen-bond acceptors (Lipinski definition) is 3. The first-order chi connectivity index (χ1) is 9.72. The number of carboxylic acids is 1. The summed E-state index contributed by atoms with van der Waals surface area (Å²) in [6.45, 7) is 2.16. The molecule has 1 saturated heterocycles. The van der Waals surface area contributed by atoms with Crippen molar-refractivity contribution in [1.29, 1.82) is 0 Å². The van der Waals surface area contributed by atoms with E-state index in [1.807, 2.05) is 47.3 Å². The molecule has 104 valence electrons. The van der Waals surface area contributed by atoms with Crippen LogP contribution in [-0.4, -0.2) is 38.8 Å². The average Bonchev–Trinajstić information content (AvgIpc) is 3.10. The van der Waals surface area contributed by atoms with Gasteiger partial charge in [0.1, 0.15) is 0 Å². The van der Waals surface area contributed by atoms with Gasteiger partial charge in [0.15, 0.2) is 0 Å². The summed E-state index contributed by atoms with van der Waals surface area (Å²) in [5.41, 5.74) is 2.00. The third-order valence-electron chi connectivity index (χ3n) is 3.67. The summed E-state index contributed by atoms with van der Waals surface area (Å²) in [6, 6.07) is 11.9. The maximum atomic E-state index is 10.9. The second-order valence-corrected chi connectivity index (χ2v) is 5.15. The Bertz CT molecular complexity index is 594. The summed E-state index contributed by atoms with van der Waals surface area (Å²) >= 11 is 0. The predicted molar refractivity (Wildman–Crippen MR) is 74.6 cm³/mol. The number of aliphatic carboxylic acids is 1. The Morgan fingerprint density at radius 3 is 2.80 bits per heavy atom. The van der Waals surface area contributed by atoms with Crippen molar-refractivity contribution < 1.29 is 9.90 Å². The Balaban J connectivity index is 1.65. The molecule has 5 nitrogen and oxygen atoms in total. The van der Waals surface area contributed by atoms with E-state index < -0.39 is 5.97 Å². The van der Waals surface area contributed by atoms with Gasteiger partial charge < -0.3 is 5.11 Å². The van der Waals surface area contributed by atoms with E-state index in [1.165, 1.54) is 0 Å². The van der Waals surface area contributed by atoms with Crippen LogP contribution in [0.1, 0.15) is 12.1 Å². The Kier molecular flexibility index (Phi) is 3.52. The van der Waals surface area contributed by atoms with Gasteiger partial charge in [-0.2, -0.15) is 5.10 Å². The smallest absolute Gasteiger partial charge is 0.307 e. The topological polar surface area (TPSA) is 58.4 Å². The van der Waals surface area contributed by atoms with Crippen LogP contribution < -0.4 is 0 Å². The van der Waals surface area contributed by atoms with Crippen molar-refractivity contribution in [2.75, 3.05) is 13.1 Å². The van der Waals surface area contributed by atoms with E-state index in [0.29, 0.717) is 13.1 Å². The first-order valence-corrected chi connectivity index (χ1v) is 6.77. The molecule has 1 fully saturated rings. The van der Waals surface area contributed by atoms with Crippen molar-refractivity contribution in [1.82, 2.24) is 14.7 Å². The van der Waals surface area contributed by atoms with Crippen LogP contribution in [0.2, 0.25) is 0 Å².